The number of hydrogen-bond acceptors (Lipinski definition) is 2. The van der Waals surface area contributed by atoms with Gasteiger partial charge in [-0.25, -0.2) is 0 Å². The minimum Gasteiger partial charge on any atom is -0.497 e. The first-order chi connectivity index (χ1) is 9.63. The van der Waals surface area contributed by atoms with E-state index < -0.39 is 0 Å². The lowest BCUT2D eigenvalue weighted by atomic mass is 10.0. The molecular weight excluding hydrogens is 384 g/mol. The molecule has 0 saturated heterocycles. The normalized spacial score (nSPS) is 12.0. The molecule has 0 aliphatic carbocycles. The van der Waals surface area contributed by atoms with Gasteiger partial charge in [0, 0.05) is 9.30 Å². The fourth-order valence-corrected chi connectivity index (χ4v) is 3.72. The third-order valence-corrected chi connectivity index (χ3v) is 4.60. The molecule has 20 heavy (non-hydrogen) atoms. The van der Waals surface area contributed by atoms with Gasteiger partial charge >= 0.3 is 0 Å². The number of benzene rings is 2. The predicted molar refractivity (Wildman–Crippen MR) is 89.1 cm³/mol. The van der Waals surface area contributed by atoms with E-state index in [0.29, 0.717) is 0 Å². The summed E-state index contributed by atoms with van der Waals surface area (Å²) in [5.41, 5.74) is 2.43. The minimum absolute atomic E-state index is 0.231. The van der Waals surface area contributed by atoms with Crippen LogP contribution in [0.5, 0.6) is 11.5 Å². The van der Waals surface area contributed by atoms with Gasteiger partial charge in [0.15, 0.2) is 0 Å². The van der Waals surface area contributed by atoms with Gasteiger partial charge in [-0.15, -0.1) is 0 Å². The van der Waals surface area contributed by atoms with E-state index in [-0.39, 0.29) is 4.83 Å². The average Bonchev–Trinajstić information content (AvgIpc) is 2.47. The summed E-state index contributed by atoms with van der Waals surface area (Å²) in [5.74, 6) is 1.73. The van der Waals surface area contributed by atoms with E-state index in [2.05, 4.69) is 50.1 Å². The summed E-state index contributed by atoms with van der Waals surface area (Å²) in [7, 11) is 3.36. The highest BCUT2D eigenvalue weighted by Gasteiger charge is 2.13. The summed E-state index contributed by atoms with van der Waals surface area (Å²) >= 11 is 7.35. The lowest BCUT2D eigenvalue weighted by Gasteiger charge is -2.14. The monoisotopic (exact) mass is 398 g/mol. The number of ether oxygens (including phenoxy) is 2. The minimum atomic E-state index is 0.231. The molecule has 0 radical (unpaired) electrons. The number of rotatable bonds is 5. The molecule has 0 heterocycles. The lowest BCUT2D eigenvalue weighted by molar-refractivity contribution is 0.414. The summed E-state index contributed by atoms with van der Waals surface area (Å²) in [4.78, 5) is 0.231. The second-order valence-corrected chi connectivity index (χ2v) is 6.37. The maximum atomic E-state index is 5.26. The number of alkyl halides is 1. The first kappa shape index (κ1) is 15.4. The highest BCUT2D eigenvalue weighted by atomic mass is 79.9. The van der Waals surface area contributed by atoms with Crippen molar-refractivity contribution in [2.75, 3.05) is 14.2 Å². The van der Waals surface area contributed by atoms with Crippen molar-refractivity contribution in [3.8, 4) is 11.5 Å². The van der Waals surface area contributed by atoms with Crippen LogP contribution < -0.4 is 9.47 Å². The third kappa shape index (κ3) is 3.76. The van der Waals surface area contributed by atoms with Crippen LogP contribution in [0.25, 0.3) is 0 Å². The summed E-state index contributed by atoms with van der Waals surface area (Å²) in [6, 6.07) is 14.2. The zero-order chi connectivity index (χ0) is 14.5. The lowest BCUT2D eigenvalue weighted by Crippen LogP contribution is -1.97. The van der Waals surface area contributed by atoms with E-state index >= 15 is 0 Å². The fraction of sp³-hybridized carbons (Fsp3) is 0.250. The van der Waals surface area contributed by atoms with Crippen molar-refractivity contribution in [2.45, 2.75) is 11.2 Å². The van der Waals surface area contributed by atoms with Crippen LogP contribution in [0.4, 0.5) is 0 Å². The van der Waals surface area contributed by atoms with Gasteiger partial charge in [-0.3, -0.25) is 0 Å². The Bertz CT molecular complexity index is 584. The maximum Gasteiger partial charge on any atom is 0.120 e. The first-order valence-corrected chi connectivity index (χ1v) is 7.95. The van der Waals surface area contributed by atoms with Gasteiger partial charge in [0.2, 0.25) is 0 Å². The largest absolute Gasteiger partial charge is 0.497 e. The Labute approximate surface area is 136 Å². The van der Waals surface area contributed by atoms with E-state index in [1.54, 1.807) is 14.2 Å². The van der Waals surface area contributed by atoms with Crippen molar-refractivity contribution in [2.24, 2.45) is 0 Å². The summed E-state index contributed by atoms with van der Waals surface area (Å²) in [6.07, 6.45) is 0.891. The van der Waals surface area contributed by atoms with Gasteiger partial charge in [-0.05, 0) is 41.8 Å². The Morgan fingerprint density at radius 2 is 1.70 bits per heavy atom. The number of hydrogen-bond donors (Lipinski definition) is 0. The van der Waals surface area contributed by atoms with Crippen LogP contribution >= 0.6 is 31.9 Å². The number of methoxy groups -OCH3 is 2. The van der Waals surface area contributed by atoms with Gasteiger partial charge in [0.25, 0.3) is 0 Å². The zero-order valence-electron chi connectivity index (χ0n) is 11.4. The smallest absolute Gasteiger partial charge is 0.120 e. The second kappa shape index (κ2) is 7.14. The maximum absolute atomic E-state index is 5.26. The summed E-state index contributed by atoms with van der Waals surface area (Å²) in [6.45, 7) is 0. The summed E-state index contributed by atoms with van der Waals surface area (Å²) < 4.78 is 11.5. The van der Waals surface area contributed by atoms with Crippen LogP contribution in [0, 0.1) is 0 Å². The summed E-state index contributed by atoms with van der Waals surface area (Å²) in [5, 5.41) is 0. The van der Waals surface area contributed by atoms with E-state index in [0.717, 1.165) is 22.4 Å². The van der Waals surface area contributed by atoms with Crippen molar-refractivity contribution < 1.29 is 9.47 Å². The molecule has 2 nitrogen and oxygen atoms in total. The predicted octanol–water partition coefficient (Wildman–Crippen LogP) is 5.15. The molecule has 2 rings (SSSR count). The van der Waals surface area contributed by atoms with Crippen LogP contribution in [-0.4, -0.2) is 14.2 Å². The molecule has 2 aromatic carbocycles. The van der Waals surface area contributed by atoms with E-state index in [9.17, 15) is 0 Å². The molecule has 0 N–H and O–H groups in total. The molecule has 1 atom stereocenters. The van der Waals surface area contributed by atoms with Gasteiger partial charge in [-0.1, -0.05) is 50.1 Å². The van der Waals surface area contributed by atoms with Gasteiger partial charge in [0.05, 0.1) is 14.2 Å². The topological polar surface area (TPSA) is 18.5 Å². The van der Waals surface area contributed by atoms with Gasteiger partial charge in [-0.2, -0.15) is 0 Å². The molecule has 1 unspecified atom stereocenters. The Kier molecular flexibility index (Phi) is 5.49. The van der Waals surface area contributed by atoms with Crippen molar-refractivity contribution in [3.05, 3.63) is 58.1 Å². The Morgan fingerprint density at radius 3 is 2.35 bits per heavy atom. The van der Waals surface area contributed by atoms with Crippen LogP contribution in [0.3, 0.4) is 0 Å². The quantitative estimate of drug-likeness (QED) is 0.647. The highest BCUT2D eigenvalue weighted by Crippen LogP contribution is 2.35. The zero-order valence-corrected chi connectivity index (χ0v) is 14.6. The molecule has 2 aromatic rings. The molecule has 0 bridgehead atoms. The van der Waals surface area contributed by atoms with Crippen LogP contribution in [0.15, 0.2) is 46.9 Å². The first-order valence-electron chi connectivity index (χ1n) is 6.24. The third-order valence-electron chi connectivity index (χ3n) is 3.09. The molecule has 0 aliphatic rings. The van der Waals surface area contributed by atoms with Gasteiger partial charge < -0.3 is 9.47 Å². The molecule has 0 amide bonds. The van der Waals surface area contributed by atoms with Crippen molar-refractivity contribution in [1.29, 1.82) is 0 Å². The van der Waals surface area contributed by atoms with Crippen LogP contribution in [0.1, 0.15) is 16.0 Å². The molecule has 0 spiro atoms. The fourth-order valence-electron chi connectivity index (χ4n) is 2.01. The standard InChI is InChI=1S/C16H16Br2O2/c1-19-12-5-3-4-11(8-12)9-15(17)14-7-6-13(20-2)10-16(14)18/h3-8,10,15H,9H2,1-2H3. The van der Waals surface area contributed by atoms with Crippen molar-refractivity contribution in [1.82, 2.24) is 0 Å². The highest BCUT2D eigenvalue weighted by molar-refractivity contribution is 9.11. The molecule has 4 heteroatoms. The molecule has 0 aliphatic heterocycles. The van der Waals surface area contributed by atoms with Crippen molar-refractivity contribution >= 4 is 31.9 Å². The molecule has 0 saturated carbocycles. The Balaban J connectivity index is 2.16. The van der Waals surface area contributed by atoms with Crippen LogP contribution in [0.2, 0.25) is 0 Å². The van der Waals surface area contributed by atoms with E-state index in [4.69, 9.17) is 9.47 Å². The SMILES string of the molecule is COc1cccc(CC(Br)c2ccc(OC)cc2Br)c1. The van der Waals surface area contributed by atoms with Crippen LogP contribution in [-0.2, 0) is 6.42 Å². The molecule has 106 valence electrons. The molecule has 0 fully saturated rings. The molecule has 0 aromatic heterocycles. The Hall–Kier alpha value is -1.00. The molecular formula is C16H16Br2O2. The van der Waals surface area contributed by atoms with E-state index in [1.165, 1.54) is 11.1 Å². The Morgan fingerprint density at radius 1 is 1.00 bits per heavy atom. The van der Waals surface area contributed by atoms with Gasteiger partial charge in [0.1, 0.15) is 11.5 Å². The van der Waals surface area contributed by atoms with E-state index in [1.807, 2.05) is 24.3 Å². The van der Waals surface area contributed by atoms with Crippen molar-refractivity contribution in [3.63, 3.8) is 0 Å². The number of halogens is 2. The second-order valence-electron chi connectivity index (χ2n) is 4.41. The average molecular weight is 400 g/mol.